The molecule has 0 saturated heterocycles. The van der Waals surface area contributed by atoms with Gasteiger partial charge in [-0.05, 0) is 42.9 Å². The third-order valence-corrected chi connectivity index (χ3v) is 3.37. The molecule has 0 N–H and O–H groups in total. The topological polar surface area (TPSA) is 35.5 Å². The van der Waals surface area contributed by atoms with E-state index in [0.29, 0.717) is 18.9 Å². The number of benzene rings is 1. The zero-order chi connectivity index (χ0) is 13.5. The first-order valence-electron chi connectivity index (χ1n) is 6.71. The number of hydrogen-bond donors (Lipinski definition) is 0. The van der Waals surface area contributed by atoms with Gasteiger partial charge in [-0.25, -0.2) is 0 Å². The summed E-state index contributed by atoms with van der Waals surface area (Å²) in [4.78, 5) is 11.7. The monoisotopic (exact) mass is 260 g/mol. The van der Waals surface area contributed by atoms with Crippen LogP contribution in [0.3, 0.4) is 0 Å². The van der Waals surface area contributed by atoms with Crippen molar-refractivity contribution in [1.82, 2.24) is 0 Å². The molecular formula is C16H20O3. The SMILES string of the molecule is COc1ccc(CC(=O)OCC2CC=CCC2)cc1. The van der Waals surface area contributed by atoms with Crippen molar-refractivity contribution >= 4 is 5.97 Å². The maximum absolute atomic E-state index is 11.7. The molecule has 1 atom stereocenters. The Balaban J connectivity index is 1.75. The summed E-state index contributed by atoms with van der Waals surface area (Å²) in [6.45, 7) is 0.541. The van der Waals surface area contributed by atoms with E-state index in [1.54, 1.807) is 7.11 Å². The lowest BCUT2D eigenvalue weighted by Gasteiger charge is -2.17. The first-order valence-corrected chi connectivity index (χ1v) is 6.71. The van der Waals surface area contributed by atoms with Gasteiger partial charge in [0.25, 0.3) is 0 Å². The van der Waals surface area contributed by atoms with Crippen molar-refractivity contribution in [3.63, 3.8) is 0 Å². The molecule has 1 aromatic rings. The fourth-order valence-electron chi connectivity index (χ4n) is 2.18. The van der Waals surface area contributed by atoms with E-state index in [1.165, 1.54) is 0 Å². The number of hydrogen-bond acceptors (Lipinski definition) is 3. The molecule has 1 aliphatic carbocycles. The lowest BCUT2D eigenvalue weighted by Crippen LogP contribution is -2.16. The van der Waals surface area contributed by atoms with Crippen LogP contribution in [-0.4, -0.2) is 19.7 Å². The Bertz CT molecular complexity index is 434. The van der Waals surface area contributed by atoms with Crippen molar-refractivity contribution in [3.8, 4) is 5.75 Å². The van der Waals surface area contributed by atoms with Crippen molar-refractivity contribution in [2.24, 2.45) is 5.92 Å². The van der Waals surface area contributed by atoms with E-state index in [0.717, 1.165) is 30.6 Å². The second-order valence-electron chi connectivity index (χ2n) is 4.86. The number of methoxy groups -OCH3 is 1. The van der Waals surface area contributed by atoms with Gasteiger partial charge in [-0.3, -0.25) is 4.79 Å². The van der Waals surface area contributed by atoms with Gasteiger partial charge in [-0.15, -0.1) is 0 Å². The first kappa shape index (κ1) is 13.7. The van der Waals surface area contributed by atoms with Crippen LogP contribution >= 0.6 is 0 Å². The largest absolute Gasteiger partial charge is 0.497 e. The highest BCUT2D eigenvalue weighted by molar-refractivity contribution is 5.72. The molecule has 0 bridgehead atoms. The molecular weight excluding hydrogens is 240 g/mol. The average Bonchev–Trinajstić information content (AvgIpc) is 2.47. The van der Waals surface area contributed by atoms with Crippen molar-refractivity contribution in [1.29, 1.82) is 0 Å². The Morgan fingerprint density at radius 1 is 1.26 bits per heavy atom. The minimum Gasteiger partial charge on any atom is -0.497 e. The van der Waals surface area contributed by atoms with Gasteiger partial charge in [-0.2, -0.15) is 0 Å². The fourth-order valence-corrected chi connectivity index (χ4v) is 2.18. The summed E-state index contributed by atoms with van der Waals surface area (Å²) in [7, 11) is 1.63. The van der Waals surface area contributed by atoms with Crippen LogP contribution in [-0.2, 0) is 16.0 Å². The van der Waals surface area contributed by atoms with E-state index in [1.807, 2.05) is 24.3 Å². The Kier molecular flexibility index (Phi) is 5.01. The number of ether oxygens (including phenoxy) is 2. The highest BCUT2D eigenvalue weighted by Crippen LogP contribution is 2.18. The summed E-state index contributed by atoms with van der Waals surface area (Å²) in [5.74, 6) is 1.13. The van der Waals surface area contributed by atoms with E-state index < -0.39 is 0 Å². The van der Waals surface area contributed by atoms with Crippen molar-refractivity contribution in [2.75, 3.05) is 13.7 Å². The summed E-state index contributed by atoms with van der Waals surface area (Å²) >= 11 is 0. The lowest BCUT2D eigenvalue weighted by molar-refractivity contribution is -0.144. The molecule has 0 spiro atoms. The molecule has 0 saturated carbocycles. The van der Waals surface area contributed by atoms with E-state index in [-0.39, 0.29) is 5.97 Å². The van der Waals surface area contributed by atoms with E-state index in [2.05, 4.69) is 12.2 Å². The zero-order valence-corrected chi connectivity index (χ0v) is 11.3. The van der Waals surface area contributed by atoms with Gasteiger partial charge >= 0.3 is 5.97 Å². The lowest BCUT2D eigenvalue weighted by atomic mass is 9.95. The molecule has 0 amide bonds. The molecule has 0 aromatic heterocycles. The van der Waals surface area contributed by atoms with Gasteiger partial charge in [-0.1, -0.05) is 24.3 Å². The van der Waals surface area contributed by atoms with Crippen molar-refractivity contribution in [2.45, 2.75) is 25.7 Å². The molecule has 3 nitrogen and oxygen atoms in total. The Labute approximate surface area is 114 Å². The first-order chi connectivity index (χ1) is 9.28. The molecule has 1 unspecified atom stereocenters. The summed E-state index contributed by atoms with van der Waals surface area (Å²) in [6, 6.07) is 7.50. The van der Waals surface area contributed by atoms with Crippen LogP contribution in [0.2, 0.25) is 0 Å². The van der Waals surface area contributed by atoms with Gasteiger partial charge in [0.2, 0.25) is 0 Å². The van der Waals surface area contributed by atoms with Crippen LogP contribution < -0.4 is 4.74 Å². The predicted octanol–water partition coefficient (Wildman–Crippen LogP) is 3.14. The van der Waals surface area contributed by atoms with E-state index in [4.69, 9.17) is 9.47 Å². The molecule has 1 aromatic carbocycles. The standard InChI is InChI=1S/C16H20O3/c1-18-15-9-7-13(8-10-15)11-16(17)19-12-14-5-3-2-4-6-14/h2-3,7-10,14H,4-6,11-12H2,1H3. The molecule has 2 rings (SSSR count). The van der Waals surface area contributed by atoms with Gasteiger partial charge in [0, 0.05) is 0 Å². The van der Waals surface area contributed by atoms with Crippen molar-refractivity contribution < 1.29 is 14.3 Å². The molecule has 0 aliphatic heterocycles. The van der Waals surface area contributed by atoms with Crippen molar-refractivity contribution in [3.05, 3.63) is 42.0 Å². The van der Waals surface area contributed by atoms with Gasteiger partial charge in [0.1, 0.15) is 5.75 Å². The maximum Gasteiger partial charge on any atom is 0.310 e. The number of rotatable bonds is 5. The summed E-state index contributed by atoms with van der Waals surface area (Å²) in [5.41, 5.74) is 0.953. The quantitative estimate of drug-likeness (QED) is 0.602. The normalized spacial score (nSPS) is 18.1. The Morgan fingerprint density at radius 3 is 2.68 bits per heavy atom. The van der Waals surface area contributed by atoms with Crippen LogP contribution in [0.1, 0.15) is 24.8 Å². The number of allylic oxidation sites excluding steroid dienone is 2. The maximum atomic E-state index is 11.7. The van der Waals surface area contributed by atoms with E-state index >= 15 is 0 Å². The van der Waals surface area contributed by atoms with Crippen LogP contribution in [0.25, 0.3) is 0 Å². The average molecular weight is 260 g/mol. The minimum atomic E-state index is -0.153. The molecule has 3 heteroatoms. The molecule has 1 aliphatic rings. The second-order valence-corrected chi connectivity index (χ2v) is 4.86. The number of carbonyl (C=O) groups excluding carboxylic acids is 1. The molecule has 0 fully saturated rings. The molecule has 0 radical (unpaired) electrons. The van der Waals surface area contributed by atoms with Crippen LogP contribution in [0.4, 0.5) is 0 Å². The summed E-state index contributed by atoms with van der Waals surface area (Å²) in [5, 5.41) is 0. The summed E-state index contributed by atoms with van der Waals surface area (Å²) < 4.78 is 10.4. The molecule has 0 heterocycles. The van der Waals surface area contributed by atoms with Gasteiger partial charge in [0.05, 0.1) is 20.1 Å². The van der Waals surface area contributed by atoms with Crippen LogP contribution in [0.5, 0.6) is 5.75 Å². The highest BCUT2D eigenvalue weighted by atomic mass is 16.5. The Morgan fingerprint density at radius 2 is 2.05 bits per heavy atom. The summed E-state index contributed by atoms with van der Waals surface area (Å²) in [6.07, 6.45) is 7.93. The van der Waals surface area contributed by atoms with Gasteiger partial charge < -0.3 is 9.47 Å². The number of esters is 1. The van der Waals surface area contributed by atoms with Crippen LogP contribution in [0, 0.1) is 5.92 Å². The zero-order valence-electron chi connectivity index (χ0n) is 11.3. The third kappa shape index (κ3) is 4.43. The van der Waals surface area contributed by atoms with E-state index in [9.17, 15) is 4.79 Å². The Hall–Kier alpha value is -1.77. The number of carbonyl (C=O) groups is 1. The predicted molar refractivity (Wildman–Crippen MR) is 74.1 cm³/mol. The molecule has 102 valence electrons. The highest BCUT2D eigenvalue weighted by Gasteiger charge is 2.13. The van der Waals surface area contributed by atoms with Crippen LogP contribution in [0.15, 0.2) is 36.4 Å². The fraction of sp³-hybridized carbons (Fsp3) is 0.438. The second kappa shape index (κ2) is 6.98. The molecule has 19 heavy (non-hydrogen) atoms. The third-order valence-electron chi connectivity index (χ3n) is 3.37. The minimum absolute atomic E-state index is 0.153. The van der Waals surface area contributed by atoms with Gasteiger partial charge in [0.15, 0.2) is 0 Å². The smallest absolute Gasteiger partial charge is 0.310 e.